The van der Waals surface area contributed by atoms with Crippen LogP contribution in [0, 0.1) is 22.7 Å². The Morgan fingerprint density at radius 3 is 2.62 bits per heavy atom. The summed E-state index contributed by atoms with van der Waals surface area (Å²) in [5.41, 5.74) is 0.281. The molecule has 1 unspecified atom stereocenters. The number of hydrogen-bond donors (Lipinski definition) is 1. The van der Waals surface area contributed by atoms with Crippen LogP contribution in [0.3, 0.4) is 0 Å². The van der Waals surface area contributed by atoms with Gasteiger partial charge in [0, 0.05) is 5.92 Å². The third-order valence-electron chi connectivity index (χ3n) is 1.99. The van der Waals surface area contributed by atoms with Crippen molar-refractivity contribution in [3.63, 3.8) is 0 Å². The molecule has 1 aromatic rings. The Bertz CT molecular complexity index is 499. The van der Waals surface area contributed by atoms with Gasteiger partial charge in [-0.1, -0.05) is 6.92 Å². The first-order chi connectivity index (χ1) is 7.58. The zero-order valence-corrected chi connectivity index (χ0v) is 8.51. The smallest absolute Gasteiger partial charge is 0.304 e. The van der Waals surface area contributed by atoms with Gasteiger partial charge in [0.15, 0.2) is 11.4 Å². The molecule has 80 valence electrons. The minimum atomic E-state index is -0.947. The second-order valence-corrected chi connectivity index (χ2v) is 3.21. The van der Waals surface area contributed by atoms with Gasteiger partial charge in [-0.2, -0.15) is 10.5 Å². The third kappa shape index (κ3) is 2.52. The molecule has 1 N–H and O–H groups in total. The molecule has 0 amide bonds. The summed E-state index contributed by atoms with van der Waals surface area (Å²) >= 11 is 0. The predicted molar refractivity (Wildman–Crippen MR) is 52.1 cm³/mol. The van der Waals surface area contributed by atoms with Crippen LogP contribution in [0.2, 0.25) is 0 Å². The second kappa shape index (κ2) is 4.85. The highest BCUT2D eigenvalue weighted by Gasteiger charge is 2.14. The second-order valence-electron chi connectivity index (χ2n) is 3.21. The van der Waals surface area contributed by atoms with Crippen molar-refractivity contribution in [3.05, 3.63) is 23.3 Å². The fraction of sp³-hybridized carbons (Fsp3) is 0.300. The predicted octanol–water partition coefficient (Wildman–Crippen LogP) is 0.798. The summed E-state index contributed by atoms with van der Waals surface area (Å²) in [6.45, 7) is 1.67. The van der Waals surface area contributed by atoms with E-state index in [-0.39, 0.29) is 23.7 Å². The number of nitriles is 2. The molecule has 0 bridgehead atoms. The summed E-state index contributed by atoms with van der Waals surface area (Å²) in [7, 11) is 0. The first-order valence-electron chi connectivity index (χ1n) is 4.47. The van der Waals surface area contributed by atoms with E-state index in [0.717, 1.165) is 0 Å². The largest absolute Gasteiger partial charge is 0.481 e. The first-order valence-corrected chi connectivity index (χ1v) is 4.47. The van der Waals surface area contributed by atoms with Crippen LogP contribution in [-0.4, -0.2) is 21.0 Å². The number of carboxylic acid groups (broad SMARTS) is 1. The summed E-state index contributed by atoms with van der Waals surface area (Å²) in [5.74, 6) is -1.29. The molecule has 0 aliphatic carbocycles. The van der Waals surface area contributed by atoms with Crippen LogP contribution < -0.4 is 0 Å². The van der Waals surface area contributed by atoms with Crippen LogP contribution in [0.5, 0.6) is 0 Å². The molecular weight excluding hydrogens is 208 g/mol. The van der Waals surface area contributed by atoms with Gasteiger partial charge in [0.25, 0.3) is 0 Å². The Hall–Kier alpha value is -2.47. The van der Waals surface area contributed by atoms with E-state index in [1.807, 2.05) is 0 Å². The summed E-state index contributed by atoms with van der Waals surface area (Å²) in [6, 6.07) is 3.49. The van der Waals surface area contributed by atoms with E-state index in [4.69, 9.17) is 15.6 Å². The van der Waals surface area contributed by atoms with E-state index in [9.17, 15) is 4.79 Å². The number of carbonyl (C=O) groups is 1. The van der Waals surface area contributed by atoms with Gasteiger partial charge in [0.2, 0.25) is 0 Å². The molecule has 0 aliphatic heterocycles. The molecule has 6 heteroatoms. The van der Waals surface area contributed by atoms with E-state index >= 15 is 0 Å². The summed E-state index contributed by atoms with van der Waals surface area (Å²) in [4.78, 5) is 18.2. The highest BCUT2D eigenvalue weighted by molar-refractivity contribution is 5.67. The zero-order chi connectivity index (χ0) is 12.1. The van der Waals surface area contributed by atoms with Crippen molar-refractivity contribution in [1.29, 1.82) is 10.5 Å². The normalized spacial score (nSPS) is 11.2. The number of aromatic nitrogens is 2. The lowest BCUT2D eigenvalue weighted by Gasteiger charge is -2.07. The SMILES string of the molecule is CC(CC(=O)O)c1cnc(C#N)c(C#N)n1. The van der Waals surface area contributed by atoms with E-state index in [1.165, 1.54) is 6.20 Å². The Kier molecular flexibility index (Phi) is 3.52. The Morgan fingerprint density at radius 2 is 2.12 bits per heavy atom. The minimum Gasteiger partial charge on any atom is -0.481 e. The lowest BCUT2D eigenvalue weighted by atomic mass is 10.0. The average Bonchev–Trinajstić information content (AvgIpc) is 2.27. The van der Waals surface area contributed by atoms with Gasteiger partial charge in [-0.25, -0.2) is 9.97 Å². The number of nitrogens with zero attached hydrogens (tertiary/aromatic N) is 4. The van der Waals surface area contributed by atoms with E-state index in [2.05, 4.69) is 9.97 Å². The maximum atomic E-state index is 10.5. The highest BCUT2D eigenvalue weighted by Crippen LogP contribution is 2.16. The van der Waals surface area contributed by atoms with Crippen molar-refractivity contribution in [2.45, 2.75) is 19.3 Å². The first kappa shape index (κ1) is 11.6. The lowest BCUT2D eigenvalue weighted by Crippen LogP contribution is -2.07. The molecule has 0 spiro atoms. The molecule has 0 saturated heterocycles. The summed E-state index contributed by atoms with van der Waals surface area (Å²) < 4.78 is 0. The third-order valence-corrected chi connectivity index (χ3v) is 1.99. The van der Waals surface area contributed by atoms with Crippen LogP contribution in [0.4, 0.5) is 0 Å². The van der Waals surface area contributed by atoms with Gasteiger partial charge in [-0.05, 0) is 0 Å². The number of rotatable bonds is 3. The summed E-state index contributed by atoms with van der Waals surface area (Å²) in [5, 5.41) is 26.0. The standard InChI is InChI=1S/C10H8N4O2/c1-6(2-10(15)16)9-5-13-7(3-11)8(4-12)14-9/h5-6H,2H2,1H3,(H,15,16). The van der Waals surface area contributed by atoms with Crippen molar-refractivity contribution in [2.24, 2.45) is 0 Å². The molecule has 0 saturated carbocycles. The number of carboxylic acids is 1. The van der Waals surface area contributed by atoms with Crippen molar-refractivity contribution in [1.82, 2.24) is 9.97 Å². The lowest BCUT2D eigenvalue weighted by molar-refractivity contribution is -0.137. The molecular formula is C10H8N4O2. The van der Waals surface area contributed by atoms with Gasteiger partial charge < -0.3 is 5.11 Å². The molecule has 1 atom stereocenters. The fourth-order valence-corrected chi connectivity index (χ4v) is 1.17. The quantitative estimate of drug-likeness (QED) is 0.799. The molecule has 6 nitrogen and oxygen atoms in total. The van der Waals surface area contributed by atoms with Crippen molar-refractivity contribution in [2.75, 3.05) is 0 Å². The van der Waals surface area contributed by atoms with Crippen LogP contribution >= 0.6 is 0 Å². The van der Waals surface area contributed by atoms with Crippen LogP contribution in [0.25, 0.3) is 0 Å². The van der Waals surface area contributed by atoms with E-state index in [1.54, 1.807) is 19.1 Å². The molecule has 1 aromatic heterocycles. The van der Waals surface area contributed by atoms with Crippen LogP contribution in [0.15, 0.2) is 6.20 Å². The van der Waals surface area contributed by atoms with E-state index < -0.39 is 5.97 Å². The van der Waals surface area contributed by atoms with Gasteiger partial charge in [0.05, 0.1) is 18.3 Å². The summed E-state index contributed by atoms with van der Waals surface area (Å²) in [6.07, 6.45) is 1.23. The van der Waals surface area contributed by atoms with Crippen molar-refractivity contribution >= 4 is 5.97 Å². The van der Waals surface area contributed by atoms with Gasteiger partial charge in [0.1, 0.15) is 12.1 Å². The van der Waals surface area contributed by atoms with Gasteiger partial charge in [-0.15, -0.1) is 0 Å². The number of aliphatic carboxylic acids is 1. The molecule has 1 rings (SSSR count). The Balaban J connectivity index is 3.05. The van der Waals surface area contributed by atoms with Gasteiger partial charge >= 0.3 is 5.97 Å². The molecule has 0 radical (unpaired) electrons. The van der Waals surface area contributed by atoms with Crippen LogP contribution in [0.1, 0.15) is 36.3 Å². The molecule has 0 aromatic carbocycles. The highest BCUT2D eigenvalue weighted by atomic mass is 16.4. The van der Waals surface area contributed by atoms with Gasteiger partial charge in [-0.3, -0.25) is 4.79 Å². The molecule has 16 heavy (non-hydrogen) atoms. The molecule has 0 aliphatic rings. The average molecular weight is 216 g/mol. The number of hydrogen-bond acceptors (Lipinski definition) is 5. The van der Waals surface area contributed by atoms with E-state index in [0.29, 0.717) is 5.69 Å². The minimum absolute atomic E-state index is 0.0474. The zero-order valence-electron chi connectivity index (χ0n) is 8.51. The Labute approximate surface area is 91.8 Å². The fourth-order valence-electron chi connectivity index (χ4n) is 1.17. The topological polar surface area (TPSA) is 111 Å². The molecule has 0 fully saturated rings. The monoisotopic (exact) mass is 216 g/mol. The van der Waals surface area contributed by atoms with Crippen LogP contribution in [-0.2, 0) is 4.79 Å². The maximum absolute atomic E-state index is 10.5. The Morgan fingerprint density at radius 1 is 1.50 bits per heavy atom. The van der Waals surface area contributed by atoms with Crippen molar-refractivity contribution < 1.29 is 9.90 Å². The van der Waals surface area contributed by atoms with Crippen molar-refractivity contribution in [3.8, 4) is 12.1 Å². The maximum Gasteiger partial charge on any atom is 0.304 e. The molecule has 1 heterocycles.